The van der Waals surface area contributed by atoms with Gasteiger partial charge in [-0.2, -0.15) is 0 Å². The first kappa shape index (κ1) is 19.1. The minimum atomic E-state index is -0.906. The van der Waals surface area contributed by atoms with Crippen LogP contribution >= 0.6 is 0 Å². The van der Waals surface area contributed by atoms with Crippen LogP contribution in [0.5, 0.6) is 0 Å². The molecule has 9 atom stereocenters. The van der Waals surface area contributed by atoms with Gasteiger partial charge >= 0.3 is 5.97 Å². The fourth-order valence-corrected chi connectivity index (χ4v) is 8.47. The summed E-state index contributed by atoms with van der Waals surface area (Å²) in [7, 11) is 0. The summed E-state index contributed by atoms with van der Waals surface area (Å²) in [5.74, 6) is 0.627. The Morgan fingerprint density at radius 3 is 2.57 bits per heavy atom. The van der Waals surface area contributed by atoms with Gasteiger partial charge in [-0.1, -0.05) is 13.8 Å². The highest BCUT2D eigenvalue weighted by Crippen LogP contribution is 2.69. The van der Waals surface area contributed by atoms with Crippen molar-refractivity contribution in [3.63, 3.8) is 0 Å². The molecule has 5 heteroatoms. The molecule has 5 aliphatic rings. The van der Waals surface area contributed by atoms with Crippen molar-refractivity contribution in [2.45, 2.75) is 83.0 Å². The number of aliphatic hydroxyl groups is 3. The Kier molecular flexibility index (Phi) is 4.12. The second-order valence-electron chi connectivity index (χ2n) is 10.9. The van der Waals surface area contributed by atoms with Crippen molar-refractivity contribution < 1.29 is 24.9 Å². The fourth-order valence-electron chi connectivity index (χ4n) is 8.47. The van der Waals surface area contributed by atoms with E-state index in [4.69, 9.17) is 4.74 Å². The van der Waals surface area contributed by atoms with E-state index in [-0.39, 0.29) is 35.9 Å². The van der Waals surface area contributed by atoms with Gasteiger partial charge in [0, 0.05) is 23.8 Å². The SMILES string of the molecule is C[C@]12CC[C@H](O)C[C@H]1CC[C@H]1[C@H]2CC[C@]2(C)[C@@H](C3=CC(=O)OC3)[C@@H](O)C[C@]12O. The first-order valence-electron chi connectivity index (χ1n) is 11.1. The zero-order valence-electron chi connectivity index (χ0n) is 17.1. The normalized spacial score (nSPS) is 55.8. The van der Waals surface area contributed by atoms with E-state index in [1.165, 1.54) is 6.08 Å². The maximum Gasteiger partial charge on any atom is 0.331 e. The summed E-state index contributed by atoms with van der Waals surface area (Å²) >= 11 is 0. The van der Waals surface area contributed by atoms with Gasteiger partial charge in [0.25, 0.3) is 0 Å². The number of fused-ring (bicyclic) bond motifs is 5. The predicted molar refractivity (Wildman–Crippen MR) is 103 cm³/mol. The Bertz CT molecular complexity index is 718. The zero-order chi connectivity index (χ0) is 19.9. The van der Waals surface area contributed by atoms with Gasteiger partial charge in [-0.3, -0.25) is 0 Å². The van der Waals surface area contributed by atoms with Gasteiger partial charge in [0.2, 0.25) is 0 Å². The average molecular weight is 391 g/mol. The van der Waals surface area contributed by atoms with E-state index in [0.29, 0.717) is 18.3 Å². The number of ether oxygens (including phenoxy) is 1. The number of aliphatic hydroxyl groups excluding tert-OH is 2. The van der Waals surface area contributed by atoms with Crippen LogP contribution in [0.2, 0.25) is 0 Å². The maximum atomic E-state index is 12.1. The van der Waals surface area contributed by atoms with Crippen LogP contribution in [0.25, 0.3) is 0 Å². The number of carbonyl (C=O) groups excluding carboxylic acids is 1. The van der Waals surface area contributed by atoms with Crippen LogP contribution in [-0.2, 0) is 9.53 Å². The lowest BCUT2D eigenvalue weighted by Crippen LogP contribution is -2.62. The Morgan fingerprint density at radius 2 is 1.86 bits per heavy atom. The Morgan fingerprint density at radius 1 is 1.07 bits per heavy atom. The van der Waals surface area contributed by atoms with Crippen LogP contribution in [0.15, 0.2) is 11.6 Å². The lowest BCUT2D eigenvalue weighted by atomic mass is 9.43. The van der Waals surface area contributed by atoms with Crippen molar-refractivity contribution in [3.05, 3.63) is 11.6 Å². The summed E-state index contributed by atoms with van der Waals surface area (Å²) in [6, 6.07) is 0. The van der Waals surface area contributed by atoms with Gasteiger partial charge in [-0.15, -0.1) is 0 Å². The first-order valence-corrected chi connectivity index (χ1v) is 11.1. The molecule has 0 radical (unpaired) electrons. The van der Waals surface area contributed by atoms with Crippen LogP contribution in [0.4, 0.5) is 0 Å². The van der Waals surface area contributed by atoms with Gasteiger partial charge < -0.3 is 20.1 Å². The molecule has 0 amide bonds. The van der Waals surface area contributed by atoms with Crippen molar-refractivity contribution in [2.24, 2.45) is 34.5 Å². The number of esters is 1. The Labute approximate surface area is 167 Å². The summed E-state index contributed by atoms with van der Waals surface area (Å²) in [5, 5.41) is 33.3. The Balaban J connectivity index is 1.50. The topological polar surface area (TPSA) is 87.0 Å². The molecule has 0 aromatic heterocycles. The number of carbonyl (C=O) groups is 1. The van der Waals surface area contributed by atoms with Crippen LogP contribution in [0.1, 0.15) is 65.2 Å². The van der Waals surface area contributed by atoms with Crippen LogP contribution in [-0.4, -0.2) is 45.7 Å². The van der Waals surface area contributed by atoms with E-state index in [9.17, 15) is 20.1 Å². The van der Waals surface area contributed by atoms with Crippen LogP contribution in [0.3, 0.4) is 0 Å². The van der Waals surface area contributed by atoms with Crippen molar-refractivity contribution in [1.82, 2.24) is 0 Å². The molecule has 28 heavy (non-hydrogen) atoms. The summed E-state index contributed by atoms with van der Waals surface area (Å²) < 4.78 is 5.14. The second-order valence-corrected chi connectivity index (χ2v) is 10.9. The minimum absolute atomic E-state index is 0.170. The van der Waals surface area contributed by atoms with Gasteiger partial charge in [0.15, 0.2) is 0 Å². The molecule has 0 saturated heterocycles. The van der Waals surface area contributed by atoms with Gasteiger partial charge in [-0.25, -0.2) is 4.79 Å². The summed E-state index contributed by atoms with van der Waals surface area (Å²) in [6.07, 6.45) is 7.87. The minimum Gasteiger partial charge on any atom is -0.458 e. The standard InChI is InChI=1S/C23H34O5/c1-21-7-5-15(24)10-14(21)3-4-17-16(21)6-8-22(2)20(13-9-19(26)28-12-13)18(25)11-23(17,22)27/h9,14-18,20,24-25,27H,3-8,10-12H2,1-2H3/t14-,15+,16-,17+,18+,20+,21+,22-,23+/m1/s1. The van der Waals surface area contributed by atoms with Gasteiger partial charge in [0.1, 0.15) is 6.61 Å². The number of hydrogen-bond donors (Lipinski definition) is 3. The van der Waals surface area contributed by atoms with E-state index in [2.05, 4.69) is 13.8 Å². The highest BCUT2D eigenvalue weighted by molar-refractivity contribution is 5.85. The van der Waals surface area contributed by atoms with Crippen LogP contribution in [0, 0.1) is 34.5 Å². The molecule has 3 N–H and O–H groups in total. The van der Waals surface area contributed by atoms with E-state index < -0.39 is 17.1 Å². The second kappa shape index (κ2) is 6.05. The molecular weight excluding hydrogens is 356 g/mol. The average Bonchev–Trinajstić information content (AvgIpc) is 3.13. The molecule has 0 aromatic carbocycles. The smallest absolute Gasteiger partial charge is 0.331 e. The lowest BCUT2D eigenvalue weighted by molar-refractivity contribution is -0.208. The van der Waals surface area contributed by atoms with E-state index >= 15 is 0 Å². The summed E-state index contributed by atoms with van der Waals surface area (Å²) in [6.45, 7) is 4.77. The Hall–Kier alpha value is -0.910. The molecule has 0 aromatic rings. The highest BCUT2D eigenvalue weighted by atomic mass is 16.5. The maximum absolute atomic E-state index is 12.1. The molecule has 0 spiro atoms. The third kappa shape index (κ3) is 2.33. The number of hydrogen-bond acceptors (Lipinski definition) is 5. The lowest BCUT2D eigenvalue weighted by Gasteiger charge is -2.63. The summed E-state index contributed by atoms with van der Waals surface area (Å²) in [5.41, 5.74) is -0.301. The van der Waals surface area contributed by atoms with Crippen molar-refractivity contribution in [3.8, 4) is 0 Å². The van der Waals surface area contributed by atoms with Gasteiger partial charge in [-0.05, 0) is 73.7 Å². The van der Waals surface area contributed by atoms with E-state index in [0.717, 1.165) is 50.5 Å². The summed E-state index contributed by atoms with van der Waals surface area (Å²) in [4.78, 5) is 11.7. The molecule has 4 aliphatic carbocycles. The molecule has 156 valence electrons. The molecule has 0 unspecified atom stereocenters. The molecular formula is C23H34O5. The molecule has 4 fully saturated rings. The molecule has 5 rings (SSSR count). The van der Waals surface area contributed by atoms with Crippen molar-refractivity contribution in [2.75, 3.05) is 6.61 Å². The quantitative estimate of drug-likeness (QED) is 0.599. The van der Waals surface area contributed by atoms with E-state index in [1.54, 1.807) is 0 Å². The molecule has 0 bridgehead atoms. The van der Waals surface area contributed by atoms with Crippen molar-refractivity contribution >= 4 is 5.97 Å². The monoisotopic (exact) mass is 390 g/mol. The third-order valence-corrected chi connectivity index (χ3v) is 9.92. The zero-order valence-corrected chi connectivity index (χ0v) is 17.1. The molecule has 1 aliphatic heterocycles. The molecule has 5 nitrogen and oxygen atoms in total. The first-order chi connectivity index (χ1) is 13.2. The largest absolute Gasteiger partial charge is 0.458 e. The number of cyclic esters (lactones) is 1. The fraction of sp³-hybridized carbons (Fsp3) is 0.870. The predicted octanol–water partition coefficient (Wildman–Crippen LogP) is 2.58. The van der Waals surface area contributed by atoms with Gasteiger partial charge in [0.05, 0.1) is 17.8 Å². The van der Waals surface area contributed by atoms with E-state index in [1.807, 2.05) is 0 Å². The number of rotatable bonds is 1. The third-order valence-electron chi connectivity index (χ3n) is 9.92. The van der Waals surface area contributed by atoms with Crippen molar-refractivity contribution in [1.29, 1.82) is 0 Å². The van der Waals surface area contributed by atoms with Crippen LogP contribution < -0.4 is 0 Å². The highest BCUT2D eigenvalue weighted by Gasteiger charge is 2.70. The molecule has 1 heterocycles. The molecule has 4 saturated carbocycles.